The van der Waals surface area contributed by atoms with Crippen LogP contribution in [-0.4, -0.2) is 23.8 Å². The van der Waals surface area contributed by atoms with Crippen molar-refractivity contribution < 1.29 is 9.84 Å². The Bertz CT molecular complexity index is 286. The van der Waals surface area contributed by atoms with Crippen molar-refractivity contribution in [1.29, 1.82) is 0 Å². The molecule has 1 unspecified atom stereocenters. The van der Waals surface area contributed by atoms with E-state index in [4.69, 9.17) is 4.74 Å². The molecule has 1 rings (SSSR count). The minimum atomic E-state index is -0.621. The lowest BCUT2D eigenvalue weighted by Gasteiger charge is -2.10. The molecule has 0 aromatic carbocycles. The summed E-state index contributed by atoms with van der Waals surface area (Å²) in [5.41, 5.74) is 2.76. The van der Waals surface area contributed by atoms with E-state index in [1.165, 1.54) is 0 Å². The van der Waals surface area contributed by atoms with Gasteiger partial charge in [0.2, 0.25) is 0 Å². The molecule has 0 aliphatic rings. The van der Waals surface area contributed by atoms with Crippen molar-refractivity contribution in [3.8, 4) is 0 Å². The van der Waals surface area contributed by atoms with Crippen LogP contribution < -0.4 is 0 Å². The Morgan fingerprint density at radius 3 is 2.69 bits per heavy atom. The quantitative estimate of drug-likeness (QED) is 0.766. The van der Waals surface area contributed by atoms with Crippen LogP contribution in [-0.2, 0) is 4.74 Å². The van der Waals surface area contributed by atoms with Gasteiger partial charge in [0, 0.05) is 12.8 Å². The molecule has 0 saturated heterocycles. The van der Waals surface area contributed by atoms with Crippen molar-refractivity contribution in [2.75, 3.05) is 13.7 Å². The normalized spacial score (nSPS) is 12.9. The first-order chi connectivity index (χ1) is 6.15. The second-order valence-corrected chi connectivity index (χ2v) is 3.11. The fourth-order valence-corrected chi connectivity index (χ4v) is 1.08. The van der Waals surface area contributed by atoms with Crippen LogP contribution in [0.4, 0.5) is 0 Å². The molecule has 1 atom stereocenters. The number of nitrogens with zero attached hydrogens (tertiary/aromatic N) is 1. The molecule has 72 valence electrons. The second kappa shape index (κ2) is 4.35. The molecule has 0 fully saturated rings. The monoisotopic (exact) mass is 181 g/mol. The van der Waals surface area contributed by atoms with E-state index in [-0.39, 0.29) is 6.61 Å². The highest BCUT2D eigenvalue weighted by Gasteiger charge is 2.08. The average Bonchev–Trinajstić information content (AvgIpc) is 2.10. The van der Waals surface area contributed by atoms with Crippen LogP contribution in [0.2, 0.25) is 0 Å². The highest BCUT2D eigenvalue weighted by atomic mass is 16.5. The molecule has 1 heterocycles. The Hall–Kier alpha value is -0.930. The molecule has 3 nitrogen and oxygen atoms in total. The number of aromatic nitrogens is 1. The van der Waals surface area contributed by atoms with Crippen LogP contribution in [0, 0.1) is 13.8 Å². The van der Waals surface area contributed by atoms with E-state index in [0.717, 1.165) is 11.3 Å². The third kappa shape index (κ3) is 2.50. The van der Waals surface area contributed by atoms with E-state index in [1.54, 1.807) is 7.11 Å². The zero-order valence-electron chi connectivity index (χ0n) is 8.24. The molecule has 0 saturated carbocycles. The standard InChI is InChI=1S/C10H15NO2/c1-7-4-5-9(11-8(7)2)10(12)6-13-3/h4-5,10,12H,6H2,1-3H3. The molecule has 13 heavy (non-hydrogen) atoms. The van der Waals surface area contributed by atoms with Crippen molar-refractivity contribution in [2.45, 2.75) is 20.0 Å². The summed E-state index contributed by atoms with van der Waals surface area (Å²) in [5, 5.41) is 9.55. The van der Waals surface area contributed by atoms with Gasteiger partial charge < -0.3 is 9.84 Å². The summed E-state index contributed by atoms with van der Waals surface area (Å²) in [7, 11) is 1.56. The first kappa shape index (κ1) is 10.2. The van der Waals surface area contributed by atoms with Crippen LogP contribution in [0.3, 0.4) is 0 Å². The minimum Gasteiger partial charge on any atom is -0.384 e. The molecule has 0 spiro atoms. The van der Waals surface area contributed by atoms with Crippen LogP contribution in [0.25, 0.3) is 0 Å². The van der Waals surface area contributed by atoms with Gasteiger partial charge in [0.15, 0.2) is 0 Å². The third-order valence-corrected chi connectivity index (χ3v) is 2.04. The zero-order chi connectivity index (χ0) is 9.84. The number of aryl methyl sites for hydroxylation is 2. The van der Waals surface area contributed by atoms with Crippen molar-refractivity contribution >= 4 is 0 Å². The number of aliphatic hydroxyl groups is 1. The van der Waals surface area contributed by atoms with E-state index in [1.807, 2.05) is 26.0 Å². The third-order valence-electron chi connectivity index (χ3n) is 2.04. The maximum Gasteiger partial charge on any atom is 0.119 e. The van der Waals surface area contributed by atoms with Gasteiger partial charge in [-0.1, -0.05) is 6.07 Å². The van der Waals surface area contributed by atoms with E-state index in [9.17, 15) is 5.11 Å². The fraction of sp³-hybridized carbons (Fsp3) is 0.500. The molecule has 0 amide bonds. The summed E-state index contributed by atoms with van der Waals surface area (Å²) >= 11 is 0. The summed E-state index contributed by atoms with van der Waals surface area (Å²) in [5.74, 6) is 0. The van der Waals surface area contributed by atoms with Gasteiger partial charge in [-0.2, -0.15) is 0 Å². The van der Waals surface area contributed by atoms with Crippen molar-refractivity contribution in [2.24, 2.45) is 0 Å². The van der Waals surface area contributed by atoms with Gasteiger partial charge in [-0.15, -0.1) is 0 Å². The lowest BCUT2D eigenvalue weighted by Crippen LogP contribution is -2.08. The lowest BCUT2D eigenvalue weighted by atomic mass is 10.1. The molecule has 0 aliphatic carbocycles. The number of methoxy groups -OCH3 is 1. The SMILES string of the molecule is COCC(O)c1ccc(C)c(C)n1. The van der Waals surface area contributed by atoms with Gasteiger partial charge in [0.25, 0.3) is 0 Å². The zero-order valence-corrected chi connectivity index (χ0v) is 8.24. The molecule has 1 aromatic rings. The molecule has 0 bridgehead atoms. The smallest absolute Gasteiger partial charge is 0.119 e. The molecule has 0 aliphatic heterocycles. The first-order valence-electron chi connectivity index (χ1n) is 4.26. The number of aliphatic hydroxyl groups excluding tert-OH is 1. The van der Waals surface area contributed by atoms with Gasteiger partial charge in [-0.25, -0.2) is 0 Å². The van der Waals surface area contributed by atoms with E-state index < -0.39 is 6.10 Å². The fourth-order valence-electron chi connectivity index (χ4n) is 1.08. The Morgan fingerprint density at radius 1 is 1.46 bits per heavy atom. The maximum atomic E-state index is 9.55. The van der Waals surface area contributed by atoms with Gasteiger partial charge in [-0.05, 0) is 25.5 Å². The summed E-state index contributed by atoms with van der Waals surface area (Å²) < 4.78 is 4.84. The lowest BCUT2D eigenvalue weighted by molar-refractivity contribution is 0.0616. The summed E-state index contributed by atoms with van der Waals surface area (Å²) in [6.07, 6.45) is -0.621. The first-order valence-corrected chi connectivity index (χ1v) is 4.26. The van der Waals surface area contributed by atoms with Gasteiger partial charge in [-0.3, -0.25) is 4.98 Å². The van der Waals surface area contributed by atoms with Crippen LogP contribution >= 0.6 is 0 Å². The van der Waals surface area contributed by atoms with Crippen LogP contribution in [0.15, 0.2) is 12.1 Å². The predicted octanol–water partition coefficient (Wildman–Crippen LogP) is 1.38. The molecule has 1 aromatic heterocycles. The Balaban J connectivity index is 2.84. The van der Waals surface area contributed by atoms with E-state index in [0.29, 0.717) is 5.69 Å². The Kier molecular flexibility index (Phi) is 3.39. The highest BCUT2D eigenvalue weighted by Crippen LogP contribution is 2.12. The summed E-state index contributed by atoms with van der Waals surface area (Å²) in [4.78, 5) is 4.26. The number of rotatable bonds is 3. The average molecular weight is 181 g/mol. The number of pyridine rings is 1. The van der Waals surface area contributed by atoms with Crippen LogP contribution in [0.5, 0.6) is 0 Å². The maximum absolute atomic E-state index is 9.55. The predicted molar refractivity (Wildman–Crippen MR) is 50.5 cm³/mol. The molecule has 0 radical (unpaired) electrons. The van der Waals surface area contributed by atoms with Gasteiger partial charge in [0.1, 0.15) is 6.10 Å². The molecule has 1 N–H and O–H groups in total. The topological polar surface area (TPSA) is 42.4 Å². The number of ether oxygens (including phenoxy) is 1. The van der Waals surface area contributed by atoms with Crippen molar-refractivity contribution in [1.82, 2.24) is 4.98 Å². The van der Waals surface area contributed by atoms with Crippen molar-refractivity contribution in [3.05, 3.63) is 29.1 Å². The summed E-state index contributed by atoms with van der Waals surface area (Å²) in [6, 6.07) is 3.78. The Morgan fingerprint density at radius 2 is 2.15 bits per heavy atom. The summed E-state index contributed by atoms with van der Waals surface area (Å²) in [6.45, 7) is 4.21. The van der Waals surface area contributed by atoms with E-state index in [2.05, 4.69) is 4.98 Å². The number of hydrogen-bond donors (Lipinski definition) is 1. The van der Waals surface area contributed by atoms with Crippen molar-refractivity contribution in [3.63, 3.8) is 0 Å². The van der Waals surface area contributed by atoms with Gasteiger partial charge in [0.05, 0.1) is 12.3 Å². The molecular formula is C10H15NO2. The molecular weight excluding hydrogens is 166 g/mol. The van der Waals surface area contributed by atoms with Gasteiger partial charge >= 0.3 is 0 Å². The van der Waals surface area contributed by atoms with E-state index >= 15 is 0 Å². The second-order valence-electron chi connectivity index (χ2n) is 3.11. The Labute approximate surface area is 78.4 Å². The number of hydrogen-bond acceptors (Lipinski definition) is 3. The highest BCUT2D eigenvalue weighted by molar-refractivity contribution is 5.21. The van der Waals surface area contributed by atoms with Crippen LogP contribution in [0.1, 0.15) is 23.1 Å². The largest absolute Gasteiger partial charge is 0.384 e. The minimum absolute atomic E-state index is 0.287. The molecule has 3 heteroatoms.